The zero-order valence-corrected chi connectivity index (χ0v) is 11.5. The molecule has 0 aliphatic heterocycles. The number of aromatic nitrogens is 2. The molecular weight excluding hydrogens is 272 g/mol. The minimum atomic E-state index is -3.80. The van der Waals surface area contributed by atoms with Crippen molar-refractivity contribution in [2.75, 3.05) is 38.2 Å². The number of aliphatic hydroxyl groups is 2. The van der Waals surface area contributed by atoms with Crippen LogP contribution in [0.4, 0.5) is 5.95 Å². The number of sulfonamides is 1. The van der Waals surface area contributed by atoms with Crippen molar-refractivity contribution >= 4 is 16.0 Å². The van der Waals surface area contributed by atoms with Crippen molar-refractivity contribution in [1.29, 1.82) is 0 Å². The maximum Gasteiger partial charge on any atom is 0.246 e. The molecule has 0 fully saturated rings. The van der Waals surface area contributed by atoms with E-state index in [-0.39, 0.29) is 31.2 Å². The lowest BCUT2D eigenvalue weighted by Gasteiger charge is -2.19. The largest absolute Gasteiger partial charge is 0.395 e. The Hall–Kier alpha value is -1.29. The summed E-state index contributed by atoms with van der Waals surface area (Å²) in [5, 5.41) is 20.6. The minimum absolute atomic E-state index is 0.0731. The molecule has 0 saturated carbocycles. The smallest absolute Gasteiger partial charge is 0.246 e. The quantitative estimate of drug-likeness (QED) is 0.555. The molecule has 19 heavy (non-hydrogen) atoms. The Labute approximate surface area is 112 Å². The van der Waals surface area contributed by atoms with Gasteiger partial charge in [0.05, 0.1) is 25.6 Å². The molecule has 0 bridgehead atoms. The zero-order valence-electron chi connectivity index (χ0n) is 10.7. The van der Waals surface area contributed by atoms with E-state index in [1.54, 1.807) is 0 Å². The van der Waals surface area contributed by atoms with Crippen molar-refractivity contribution < 1.29 is 18.6 Å². The number of nitrogens with zero attached hydrogens (tertiary/aromatic N) is 3. The van der Waals surface area contributed by atoms with Crippen molar-refractivity contribution in [1.82, 2.24) is 14.3 Å². The van der Waals surface area contributed by atoms with E-state index in [9.17, 15) is 8.42 Å². The second kappa shape index (κ2) is 7.34. The monoisotopic (exact) mass is 290 g/mol. The van der Waals surface area contributed by atoms with Gasteiger partial charge in [0.2, 0.25) is 16.0 Å². The lowest BCUT2D eigenvalue weighted by atomic mass is 10.6. The molecule has 0 atom stereocenters. The lowest BCUT2D eigenvalue weighted by molar-refractivity contribution is 0.217. The first kappa shape index (κ1) is 15.8. The van der Waals surface area contributed by atoms with Crippen LogP contribution in [-0.4, -0.2) is 65.8 Å². The molecule has 0 amide bonds. The van der Waals surface area contributed by atoms with Crippen molar-refractivity contribution in [3.8, 4) is 0 Å². The molecule has 0 aliphatic rings. The van der Waals surface area contributed by atoms with E-state index in [2.05, 4.69) is 15.3 Å². The predicted molar refractivity (Wildman–Crippen MR) is 69.1 cm³/mol. The highest BCUT2D eigenvalue weighted by Gasteiger charge is 2.24. The summed E-state index contributed by atoms with van der Waals surface area (Å²) in [4.78, 5) is 7.70. The van der Waals surface area contributed by atoms with Gasteiger partial charge in [0.25, 0.3) is 0 Å². The van der Waals surface area contributed by atoms with Gasteiger partial charge in [0.15, 0.2) is 0 Å². The van der Waals surface area contributed by atoms with Crippen LogP contribution in [0.25, 0.3) is 0 Å². The molecule has 108 valence electrons. The van der Waals surface area contributed by atoms with Crippen LogP contribution in [0.3, 0.4) is 0 Å². The summed E-state index contributed by atoms with van der Waals surface area (Å²) in [6.07, 6.45) is 2.39. The number of nitrogens with one attached hydrogen (secondary N) is 1. The summed E-state index contributed by atoms with van der Waals surface area (Å²) >= 11 is 0. The fourth-order valence-electron chi connectivity index (χ4n) is 1.42. The van der Waals surface area contributed by atoms with Gasteiger partial charge in [0.1, 0.15) is 4.90 Å². The Morgan fingerprint density at radius 3 is 2.16 bits per heavy atom. The van der Waals surface area contributed by atoms with Crippen LogP contribution in [0.1, 0.15) is 6.92 Å². The number of rotatable bonds is 8. The van der Waals surface area contributed by atoms with Gasteiger partial charge in [-0.2, -0.15) is 4.31 Å². The Morgan fingerprint density at radius 2 is 1.74 bits per heavy atom. The normalized spacial score (nSPS) is 11.8. The maximum atomic E-state index is 12.2. The van der Waals surface area contributed by atoms with Crippen LogP contribution in [0.15, 0.2) is 17.3 Å². The molecule has 0 radical (unpaired) electrons. The van der Waals surface area contributed by atoms with Crippen molar-refractivity contribution in [3.05, 3.63) is 12.4 Å². The van der Waals surface area contributed by atoms with Gasteiger partial charge in [-0.25, -0.2) is 18.4 Å². The third kappa shape index (κ3) is 4.10. The molecule has 1 aromatic rings. The molecule has 1 aromatic heterocycles. The lowest BCUT2D eigenvalue weighted by Crippen LogP contribution is -2.36. The highest BCUT2D eigenvalue weighted by Crippen LogP contribution is 2.14. The molecule has 1 heterocycles. The van der Waals surface area contributed by atoms with Crippen molar-refractivity contribution in [3.63, 3.8) is 0 Å². The van der Waals surface area contributed by atoms with E-state index < -0.39 is 10.0 Å². The van der Waals surface area contributed by atoms with Gasteiger partial charge in [-0.05, 0) is 6.92 Å². The van der Waals surface area contributed by atoms with E-state index in [4.69, 9.17) is 10.2 Å². The third-order valence-electron chi connectivity index (χ3n) is 2.30. The Bertz CT molecular complexity index is 471. The molecule has 0 aromatic carbocycles. The van der Waals surface area contributed by atoms with Crippen molar-refractivity contribution in [2.45, 2.75) is 11.8 Å². The summed E-state index contributed by atoms with van der Waals surface area (Å²) in [5.74, 6) is 0.345. The summed E-state index contributed by atoms with van der Waals surface area (Å²) < 4.78 is 25.4. The molecule has 0 saturated heterocycles. The van der Waals surface area contributed by atoms with Crippen LogP contribution in [0.5, 0.6) is 0 Å². The van der Waals surface area contributed by atoms with E-state index in [0.29, 0.717) is 12.5 Å². The minimum Gasteiger partial charge on any atom is -0.395 e. The van der Waals surface area contributed by atoms with Gasteiger partial charge < -0.3 is 15.5 Å². The Kier molecular flexibility index (Phi) is 6.09. The second-order valence-electron chi connectivity index (χ2n) is 3.62. The third-order valence-corrected chi connectivity index (χ3v) is 4.15. The van der Waals surface area contributed by atoms with Crippen LogP contribution in [0.2, 0.25) is 0 Å². The van der Waals surface area contributed by atoms with Crippen LogP contribution in [0, 0.1) is 0 Å². The number of anilines is 1. The molecule has 0 unspecified atom stereocenters. The van der Waals surface area contributed by atoms with Gasteiger partial charge in [-0.15, -0.1) is 0 Å². The fourth-order valence-corrected chi connectivity index (χ4v) is 2.74. The number of hydrogen-bond donors (Lipinski definition) is 3. The molecule has 9 heteroatoms. The number of aliphatic hydroxyl groups excluding tert-OH is 2. The first-order valence-electron chi connectivity index (χ1n) is 5.84. The topological polar surface area (TPSA) is 116 Å². The molecule has 8 nitrogen and oxygen atoms in total. The van der Waals surface area contributed by atoms with E-state index in [1.165, 1.54) is 12.4 Å². The van der Waals surface area contributed by atoms with Gasteiger partial charge >= 0.3 is 0 Å². The van der Waals surface area contributed by atoms with Crippen LogP contribution >= 0.6 is 0 Å². The van der Waals surface area contributed by atoms with Crippen LogP contribution in [-0.2, 0) is 10.0 Å². The van der Waals surface area contributed by atoms with Crippen LogP contribution < -0.4 is 5.32 Å². The fraction of sp³-hybridized carbons (Fsp3) is 0.600. The molecular formula is C10H18N4O4S. The average molecular weight is 290 g/mol. The molecule has 3 N–H and O–H groups in total. The maximum absolute atomic E-state index is 12.2. The zero-order chi connectivity index (χ0) is 14.3. The first-order chi connectivity index (χ1) is 9.06. The van der Waals surface area contributed by atoms with E-state index in [1.807, 2.05) is 6.92 Å². The van der Waals surface area contributed by atoms with Crippen molar-refractivity contribution in [2.24, 2.45) is 0 Å². The Balaban J connectivity index is 2.96. The SMILES string of the molecule is CCNc1ncc(S(=O)(=O)N(CCO)CCO)cn1. The molecule has 1 rings (SSSR count). The summed E-state index contributed by atoms with van der Waals surface area (Å²) in [7, 11) is -3.80. The van der Waals surface area contributed by atoms with E-state index >= 15 is 0 Å². The van der Waals surface area contributed by atoms with Gasteiger partial charge in [-0.3, -0.25) is 0 Å². The van der Waals surface area contributed by atoms with Gasteiger partial charge in [0, 0.05) is 19.6 Å². The average Bonchev–Trinajstić information content (AvgIpc) is 2.39. The Morgan fingerprint density at radius 1 is 1.21 bits per heavy atom. The first-order valence-corrected chi connectivity index (χ1v) is 7.28. The predicted octanol–water partition coefficient (Wildman–Crippen LogP) is -1.12. The molecule has 0 aliphatic carbocycles. The highest BCUT2D eigenvalue weighted by atomic mass is 32.2. The standard InChI is InChI=1S/C10H18N4O4S/c1-2-11-10-12-7-9(8-13-10)19(17,18)14(3-5-15)4-6-16/h7-8,15-16H,2-6H2,1H3,(H,11,12,13). The summed E-state index contributed by atoms with van der Waals surface area (Å²) in [5.41, 5.74) is 0. The van der Waals surface area contributed by atoms with Gasteiger partial charge in [-0.1, -0.05) is 0 Å². The summed E-state index contributed by atoms with van der Waals surface area (Å²) in [6, 6.07) is 0. The summed E-state index contributed by atoms with van der Waals surface area (Å²) in [6.45, 7) is 1.69. The van der Waals surface area contributed by atoms with E-state index in [0.717, 1.165) is 4.31 Å². The molecule has 0 spiro atoms. The number of hydrogen-bond acceptors (Lipinski definition) is 7. The second-order valence-corrected chi connectivity index (χ2v) is 5.56. The highest BCUT2D eigenvalue weighted by molar-refractivity contribution is 7.89.